The minimum absolute atomic E-state index is 0.160. The molecule has 3 nitrogen and oxygen atoms in total. The van der Waals surface area contributed by atoms with Gasteiger partial charge in [-0.3, -0.25) is 4.68 Å². The van der Waals surface area contributed by atoms with Gasteiger partial charge in [0.2, 0.25) is 0 Å². The average Bonchev–Trinajstić information content (AvgIpc) is 2.34. The van der Waals surface area contributed by atoms with Gasteiger partial charge in [0.25, 0.3) is 0 Å². The smallest absolute Gasteiger partial charge is 0.0689 e. The molecule has 1 heterocycles. The van der Waals surface area contributed by atoms with Gasteiger partial charge in [-0.25, -0.2) is 0 Å². The molecule has 3 heteroatoms. The second kappa shape index (κ2) is 3.50. The van der Waals surface area contributed by atoms with Crippen LogP contribution in [0.2, 0.25) is 0 Å². The molecule has 0 saturated carbocycles. The van der Waals surface area contributed by atoms with Crippen molar-refractivity contribution >= 4 is 0 Å². The van der Waals surface area contributed by atoms with Crippen LogP contribution in [0.4, 0.5) is 0 Å². The predicted molar refractivity (Wildman–Crippen MR) is 54.5 cm³/mol. The molecule has 1 aromatic heterocycles. The molecule has 0 radical (unpaired) electrons. The molecule has 0 saturated heterocycles. The standard InChI is InChI=1S/C10H19N3/c1-8-5-6-13(12-8)9(7-11)10(2,3)4/h5-6,9H,7,11H2,1-4H3. The van der Waals surface area contributed by atoms with Crippen molar-refractivity contribution in [1.82, 2.24) is 9.78 Å². The monoisotopic (exact) mass is 181 g/mol. The number of nitrogens with two attached hydrogens (primary N) is 1. The lowest BCUT2D eigenvalue weighted by atomic mass is 9.87. The first-order valence-electron chi connectivity index (χ1n) is 4.67. The average molecular weight is 181 g/mol. The second-order valence-corrected chi connectivity index (χ2v) is 4.55. The first kappa shape index (κ1) is 10.3. The molecule has 0 aliphatic carbocycles. The fourth-order valence-electron chi connectivity index (χ4n) is 1.46. The third-order valence-electron chi connectivity index (χ3n) is 2.28. The Hall–Kier alpha value is -0.830. The lowest BCUT2D eigenvalue weighted by molar-refractivity contribution is 0.231. The van der Waals surface area contributed by atoms with Gasteiger partial charge in [-0.2, -0.15) is 5.10 Å². The number of aryl methyl sites for hydroxylation is 1. The summed E-state index contributed by atoms with van der Waals surface area (Å²) in [6.07, 6.45) is 2.00. The van der Waals surface area contributed by atoms with E-state index in [0.29, 0.717) is 6.54 Å². The first-order chi connectivity index (χ1) is 5.95. The van der Waals surface area contributed by atoms with Crippen LogP contribution >= 0.6 is 0 Å². The first-order valence-corrected chi connectivity index (χ1v) is 4.67. The Labute approximate surface area is 79.9 Å². The molecule has 1 atom stereocenters. The number of hydrogen-bond acceptors (Lipinski definition) is 2. The maximum absolute atomic E-state index is 5.74. The van der Waals surface area contributed by atoms with Gasteiger partial charge in [0.1, 0.15) is 0 Å². The van der Waals surface area contributed by atoms with Gasteiger partial charge in [0.15, 0.2) is 0 Å². The Morgan fingerprint density at radius 3 is 2.46 bits per heavy atom. The van der Waals surface area contributed by atoms with Crippen molar-refractivity contribution in [1.29, 1.82) is 0 Å². The molecular weight excluding hydrogens is 162 g/mol. The molecule has 1 unspecified atom stereocenters. The highest BCUT2D eigenvalue weighted by Crippen LogP contribution is 2.28. The highest BCUT2D eigenvalue weighted by molar-refractivity contribution is 4.97. The third kappa shape index (κ3) is 2.31. The zero-order chi connectivity index (χ0) is 10.1. The van der Waals surface area contributed by atoms with E-state index in [-0.39, 0.29) is 11.5 Å². The van der Waals surface area contributed by atoms with Crippen molar-refractivity contribution < 1.29 is 0 Å². The number of aromatic nitrogens is 2. The molecule has 1 aromatic rings. The molecule has 1 rings (SSSR count). The molecule has 0 aromatic carbocycles. The van der Waals surface area contributed by atoms with E-state index in [1.807, 2.05) is 23.9 Å². The Kier molecular flexibility index (Phi) is 2.76. The number of rotatable bonds is 2. The Balaban J connectivity index is 2.91. The summed E-state index contributed by atoms with van der Waals surface area (Å²) in [6, 6.07) is 2.29. The van der Waals surface area contributed by atoms with Crippen LogP contribution in [-0.4, -0.2) is 16.3 Å². The van der Waals surface area contributed by atoms with Crippen LogP contribution in [0.3, 0.4) is 0 Å². The van der Waals surface area contributed by atoms with Gasteiger partial charge >= 0.3 is 0 Å². The molecule has 0 amide bonds. The molecule has 0 fully saturated rings. The lowest BCUT2D eigenvalue weighted by Crippen LogP contribution is -2.31. The van der Waals surface area contributed by atoms with Crippen LogP contribution in [-0.2, 0) is 0 Å². The van der Waals surface area contributed by atoms with Crippen molar-refractivity contribution in [3.05, 3.63) is 18.0 Å². The quantitative estimate of drug-likeness (QED) is 0.755. The summed E-state index contributed by atoms with van der Waals surface area (Å²) in [5, 5.41) is 4.38. The van der Waals surface area contributed by atoms with Crippen molar-refractivity contribution in [2.45, 2.75) is 33.7 Å². The Bertz CT molecular complexity index is 270. The van der Waals surface area contributed by atoms with Gasteiger partial charge in [-0.05, 0) is 18.4 Å². The van der Waals surface area contributed by atoms with Gasteiger partial charge < -0.3 is 5.73 Å². The van der Waals surface area contributed by atoms with E-state index in [0.717, 1.165) is 5.69 Å². The predicted octanol–water partition coefficient (Wildman–Crippen LogP) is 1.74. The van der Waals surface area contributed by atoms with E-state index < -0.39 is 0 Å². The molecule has 0 aliphatic heterocycles. The summed E-state index contributed by atoms with van der Waals surface area (Å²) in [5.41, 5.74) is 6.94. The van der Waals surface area contributed by atoms with E-state index >= 15 is 0 Å². The van der Waals surface area contributed by atoms with Crippen LogP contribution in [0, 0.1) is 12.3 Å². The summed E-state index contributed by atoms with van der Waals surface area (Å²) >= 11 is 0. The lowest BCUT2D eigenvalue weighted by Gasteiger charge is -2.29. The molecule has 74 valence electrons. The summed E-state index contributed by atoms with van der Waals surface area (Å²) < 4.78 is 1.97. The zero-order valence-electron chi connectivity index (χ0n) is 8.91. The highest BCUT2D eigenvalue weighted by Gasteiger charge is 2.25. The fourth-order valence-corrected chi connectivity index (χ4v) is 1.46. The summed E-state index contributed by atoms with van der Waals surface area (Å²) in [5.74, 6) is 0. The molecule has 2 N–H and O–H groups in total. The van der Waals surface area contributed by atoms with Crippen LogP contribution in [0.1, 0.15) is 32.5 Å². The SMILES string of the molecule is Cc1ccn(C(CN)C(C)(C)C)n1. The largest absolute Gasteiger partial charge is 0.328 e. The van der Waals surface area contributed by atoms with Crippen LogP contribution in [0.15, 0.2) is 12.3 Å². The maximum atomic E-state index is 5.74. The molecule has 13 heavy (non-hydrogen) atoms. The molecule has 0 spiro atoms. The van der Waals surface area contributed by atoms with Gasteiger partial charge in [-0.1, -0.05) is 20.8 Å². The van der Waals surface area contributed by atoms with E-state index in [4.69, 9.17) is 5.73 Å². The van der Waals surface area contributed by atoms with Crippen LogP contribution < -0.4 is 5.73 Å². The van der Waals surface area contributed by atoms with E-state index in [9.17, 15) is 0 Å². The topological polar surface area (TPSA) is 43.8 Å². The normalized spacial score (nSPS) is 14.5. The minimum atomic E-state index is 0.160. The van der Waals surface area contributed by atoms with Gasteiger partial charge in [0, 0.05) is 12.7 Å². The molecule has 0 bridgehead atoms. The molecular formula is C10H19N3. The second-order valence-electron chi connectivity index (χ2n) is 4.55. The molecule has 0 aliphatic rings. The number of nitrogens with zero attached hydrogens (tertiary/aromatic N) is 2. The van der Waals surface area contributed by atoms with Crippen molar-refractivity contribution in [2.75, 3.05) is 6.54 Å². The highest BCUT2D eigenvalue weighted by atomic mass is 15.3. The zero-order valence-corrected chi connectivity index (χ0v) is 8.91. The summed E-state index contributed by atoms with van der Waals surface area (Å²) in [7, 11) is 0. The van der Waals surface area contributed by atoms with E-state index in [2.05, 4.69) is 25.9 Å². The van der Waals surface area contributed by atoms with Gasteiger partial charge in [-0.15, -0.1) is 0 Å². The van der Waals surface area contributed by atoms with E-state index in [1.165, 1.54) is 0 Å². The van der Waals surface area contributed by atoms with Crippen molar-refractivity contribution in [2.24, 2.45) is 11.1 Å². The Morgan fingerprint density at radius 1 is 1.54 bits per heavy atom. The maximum Gasteiger partial charge on any atom is 0.0689 e. The van der Waals surface area contributed by atoms with Crippen LogP contribution in [0.5, 0.6) is 0 Å². The Morgan fingerprint density at radius 2 is 2.15 bits per heavy atom. The minimum Gasteiger partial charge on any atom is -0.328 e. The summed E-state index contributed by atoms with van der Waals surface area (Å²) in [4.78, 5) is 0. The number of hydrogen-bond donors (Lipinski definition) is 1. The third-order valence-corrected chi connectivity index (χ3v) is 2.28. The van der Waals surface area contributed by atoms with Gasteiger partial charge in [0.05, 0.1) is 11.7 Å². The van der Waals surface area contributed by atoms with Crippen LogP contribution in [0.25, 0.3) is 0 Å². The van der Waals surface area contributed by atoms with Crippen molar-refractivity contribution in [3.8, 4) is 0 Å². The van der Waals surface area contributed by atoms with E-state index in [1.54, 1.807) is 0 Å². The fraction of sp³-hybridized carbons (Fsp3) is 0.700. The van der Waals surface area contributed by atoms with Crippen molar-refractivity contribution in [3.63, 3.8) is 0 Å². The summed E-state index contributed by atoms with van der Waals surface area (Å²) in [6.45, 7) is 9.17.